The lowest BCUT2D eigenvalue weighted by Gasteiger charge is -2.30. The van der Waals surface area contributed by atoms with Gasteiger partial charge in [0.2, 0.25) is 17.7 Å². The van der Waals surface area contributed by atoms with E-state index in [-0.39, 0.29) is 5.91 Å². The maximum absolute atomic E-state index is 14.2. The van der Waals surface area contributed by atoms with Gasteiger partial charge in [0.15, 0.2) is 5.82 Å². The first-order chi connectivity index (χ1) is 20.6. The molecule has 0 saturated carbocycles. The monoisotopic (exact) mass is 575 g/mol. The summed E-state index contributed by atoms with van der Waals surface area (Å²) in [6.07, 6.45) is 3.75. The van der Waals surface area contributed by atoms with Crippen LogP contribution in [0.1, 0.15) is 42.7 Å². The van der Waals surface area contributed by atoms with Crippen LogP contribution in [-0.2, 0) is 22.4 Å². The van der Waals surface area contributed by atoms with Crippen molar-refractivity contribution in [1.82, 2.24) is 20.4 Å². The maximum Gasteiger partial charge on any atom is 0.249 e. The molecule has 0 unspecified atom stereocenters. The second-order valence-corrected chi connectivity index (χ2v) is 11.6. The number of nitrogens with two attached hydrogens (primary N) is 1. The van der Waals surface area contributed by atoms with Gasteiger partial charge >= 0.3 is 0 Å². The second kappa shape index (κ2) is 12.6. The van der Waals surface area contributed by atoms with E-state index in [0.717, 1.165) is 32.7 Å². The minimum atomic E-state index is -0.854. The van der Waals surface area contributed by atoms with Crippen LogP contribution in [0, 0.1) is 6.92 Å². The third-order valence-corrected chi connectivity index (χ3v) is 7.42. The van der Waals surface area contributed by atoms with E-state index in [0.29, 0.717) is 24.6 Å². The van der Waals surface area contributed by atoms with E-state index in [1.165, 1.54) is 6.08 Å². The highest BCUT2D eigenvalue weighted by Crippen LogP contribution is 2.27. The molecule has 5 rings (SSSR count). The van der Waals surface area contributed by atoms with E-state index in [4.69, 9.17) is 10.3 Å². The zero-order valence-electron chi connectivity index (χ0n) is 25.0. The molecular formula is C35H37N5O3. The lowest BCUT2D eigenvalue weighted by molar-refractivity contribution is -0.137. The van der Waals surface area contributed by atoms with Crippen LogP contribution in [0.2, 0.25) is 0 Å². The van der Waals surface area contributed by atoms with Gasteiger partial charge in [0.25, 0.3) is 0 Å². The smallest absolute Gasteiger partial charge is 0.249 e. The average Bonchev–Trinajstić information content (AvgIpc) is 3.43. The lowest BCUT2D eigenvalue weighted by Crippen LogP contribution is -2.49. The molecule has 2 amide bonds. The van der Waals surface area contributed by atoms with Crippen molar-refractivity contribution < 1.29 is 14.1 Å². The Balaban J connectivity index is 1.46. The van der Waals surface area contributed by atoms with Gasteiger partial charge in [-0.3, -0.25) is 9.59 Å². The van der Waals surface area contributed by atoms with Crippen LogP contribution < -0.4 is 11.1 Å². The van der Waals surface area contributed by atoms with Gasteiger partial charge in [-0.05, 0) is 53.4 Å². The lowest BCUT2D eigenvalue weighted by atomic mass is 9.98. The van der Waals surface area contributed by atoms with Gasteiger partial charge < -0.3 is 20.5 Å². The summed E-state index contributed by atoms with van der Waals surface area (Å²) in [5.74, 6) is 0.145. The Kier molecular flexibility index (Phi) is 8.68. The molecule has 0 saturated heterocycles. The molecule has 0 spiro atoms. The summed E-state index contributed by atoms with van der Waals surface area (Å²) < 4.78 is 5.59. The summed E-state index contributed by atoms with van der Waals surface area (Å²) in [6, 6.07) is 27.1. The largest absolute Gasteiger partial charge is 0.340 e. The van der Waals surface area contributed by atoms with E-state index in [1.807, 2.05) is 54.6 Å². The first-order valence-corrected chi connectivity index (χ1v) is 14.4. The Labute approximate surface area is 251 Å². The van der Waals surface area contributed by atoms with Crippen LogP contribution in [0.5, 0.6) is 0 Å². The third kappa shape index (κ3) is 7.53. The topological polar surface area (TPSA) is 114 Å². The minimum absolute atomic E-state index is 0.274. The van der Waals surface area contributed by atoms with Crippen molar-refractivity contribution in [2.24, 2.45) is 5.73 Å². The maximum atomic E-state index is 14.2. The summed E-state index contributed by atoms with van der Waals surface area (Å²) >= 11 is 0. The fraction of sp³-hybridized carbons (Fsp3) is 0.257. The molecule has 3 N–H and O–H groups in total. The first kappa shape index (κ1) is 29.7. The fourth-order valence-electron chi connectivity index (χ4n) is 5.14. The summed E-state index contributed by atoms with van der Waals surface area (Å²) in [5, 5.41) is 11.3. The van der Waals surface area contributed by atoms with E-state index < -0.39 is 23.5 Å². The molecule has 0 aliphatic heterocycles. The Morgan fingerprint density at radius 3 is 2.00 bits per heavy atom. The summed E-state index contributed by atoms with van der Waals surface area (Å²) in [7, 11) is 1.71. The molecule has 1 aromatic heterocycles. The third-order valence-electron chi connectivity index (χ3n) is 7.42. The van der Waals surface area contributed by atoms with Gasteiger partial charge in [-0.15, -0.1) is 0 Å². The number of hydrogen-bond donors (Lipinski definition) is 2. The van der Waals surface area contributed by atoms with Gasteiger partial charge in [-0.1, -0.05) is 96.2 Å². The summed E-state index contributed by atoms with van der Waals surface area (Å²) in [5.41, 5.74) is 7.31. The molecule has 0 fully saturated rings. The zero-order valence-corrected chi connectivity index (χ0v) is 25.0. The molecule has 0 aliphatic rings. The summed E-state index contributed by atoms with van der Waals surface area (Å²) in [6.45, 7) is 5.34. The highest BCUT2D eigenvalue weighted by atomic mass is 16.5. The number of hydrogen-bond acceptors (Lipinski definition) is 6. The molecule has 0 aliphatic carbocycles. The number of aromatic nitrogens is 2. The van der Waals surface area contributed by atoms with Gasteiger partial charge in [-0.25, -0.2) is 0 Å². The fourth-order valence-corrected chi connectivity index (χ4v) is 5.14. The van der Waals surface area contributed by atoms with E-state index >= 15 is 0 Å². The Morgan fingerprint density at radius 2 is 1.47 bits per heavy atom. The number of amides is 2. The number of carbonyl (C=O) groups is 2. The average molecular weight is 576 g/mol. The predicted octanol–water partition coefficient (Wildman–Crippen LogP) is 5.45. The van der Waals surface area contributed by atoms with Crippen LogP contribution in [-0.4, -0.2) is 45.5 Å². The molecule has 4 aromatic carbocycles. The van der Waals surface area contributed by atoms with Crippen LogP contribution in [0.3, 0.4) is 0 Å². The zero-order chi connectivity index (χ0) is 30.6. The minimum Gasteiger partial charge on any atom is -0.340 e. The van der Waals surface area contributed by atoms with Crippen molar-refractivity contribution in [1.29, 1.82) is 0 Å². The molecule has 5 aromatic rings. The number of carbonyl (C=O) groups excluding carboxylic acids is 2. The normalized spacial score (nSPS) is 13.3. The molecule has 8 heteroatoms. The molecule has 0 radical (unpaired) electrons. The van der Waals surface area contributed by atoms with Crippen molar-refractivity contribution in [3.05, 3.63) is 120 Å². The first-order valence-electron chi connectivity index (χ1n) is 14.4. The highest BCUT2D eigenvalue weighted by Gasteiger charge is 2.32. The Bertz CT molecular complexity index is 1790. The quantitative estimate of drug-likeness (QED) is 0.214. The van der Waals surface area contributed by atoms with Gasteiger partial charge in [0, 0.05) is 31.5 Å². The van der Waals surface area contributed by atoms with Gasteiger partial charge in [-0.2, -0.15) is 4.98 Å². The van der Waals surface area contributed by atoms with Crippen LogP contribution in [0.15, 0.2) is 102 Å². The van der Waals surface area contributed by atoms with Gasteiger partial charge in [0.05, 0.1) is 0 Å². The van der Waals surface area contributed by atoms with Crippen molar-refractivity contribution in [2.75, 3.05) is 7.05 Å². The predicted molar refractivity (Wildman–Crippen MR) is 169 cm³/mol. The SMILES string of the molecule is Cc1noc([C@@H](Cc2ccc3ccccc3c2)N(C)C(=O)[C@@H](Cc2ccc3ccccc3c2)NC(=O)/C=C/C(C)(C)N)n1. The number of nitrogens with one attached hydrogen (secondary N) is 1. The van der Waals surface area contributed by atoms with Crippen molar-refractivity contribution in [3.63, 3.8) is 0 Å². The Hall–Kier alpha value is -4.82. The van der Waals surface area contributed by atoms with Crippen molar-refractivity contribution in [2.45, 2.75) is 51.2 Å². The number of nitrogens with zero attached hydrogens (tertiary/aromatic N) is 3. The van der Waals surface area contributed by atoms with E-state index in [2.05, 4.69) is 45.8 Å². The van der Waals surface area contributed by atoms with Crippen molar-refractivity contribution in [3.8, 4) is 0 Å². The number of rotatable bonds is 10. The van der Waals surface area contributed by atoms with Crippen LogP contribution in [0.25, 0.3) is 21.5 Å². The number of fused-ring (bicyclic) bond motifs is 2. The molecule has 1 heterocycles. The standard InChI is InChI=1S/C35H37N5O3/c1-23-37-33(43-39-23)31(22-25-14-16-27-10-6-8-12-29(27)20-25)40(4)34(42)30(38-32(41)17-18-35(2,3)36)21-24-13-15-26-9-5-7-11-28(26)19-24/h5-20,30-31H,21-22,36H2,1-4H3,(H,38,41)/b18-17+/t30-,31-/m1/s1. The number of benzene rings is 4. The molecule has 2 atom stereocenters. The molecule has 8 nitrogen and oxygen atoms in total. The molecule has 43 heavy (non-hydrogen) atoms. The van der Waals surface area contributed by atoms with Crippen LogP contribution >= 0.6 is 0 Å². The molecule has 220 valence electrons. The summed E-state index contributed by atoms with van der Waals surface area (Å²) in [4.78, 5) is 33.4. The highest BCUT2D eigenvalue weighted by molar-refractivity contribution is 5.93. The Morgan fingerprint density at radius 1 is 0.907 bits per heavy atom. The number of aryl methyl sites for hydroxylation is 1. The second-order valence-electron chi connectivity index (χ2n) is 11.6. The van der Waals surface area contributed by atoms with E-state index in [9.17, 15) is 9.59 Å². The van der Waals surface area contributed by atoms with Crippen molar-refractivity contribution >= 4 is 33.4 Å². The van der Waals surface area contributed by atoms with E-state index in [1.54, 1.807) is 38.8 Å². The number of likely N-dealkylation sites (N-methyl/N-ethyl adjacent to an activating group) is 1. The van der Waals surface area contributed by atoms with Crippen LogP contribution in [0.4, 0.5) is 0 Å². The molecular weight excluding hydrogens is 538 g/mol. The molecule has 0 bridgehead atoms. The van der Waals surface area contributed by atoms with Gasteiger partial charge in [0.1, 0.15) is 12.1 Å².